The van der Waals surface area contributed by atoms with E-state index in [0.29, 0.717) is 18.5 Å². The summed E-state index contributed by atoms with van der Waals surface area (Å²) in [7, 11) is 0. The summed E-state index contributed by atoms with van der Waals surface area (Å²) >= 11 is 3.63. The molecule has 0 saturated carbocycles. The van der Waals surface area contributed by atoms with E-state index in [1.807, 2.05) is 31.2 Å². The first-order valence-corrected chi connectivity index (χ1v) is 12.8. The Labute approximate surface area is 210 Å². The maximum Gasteiger partial charge on any atom is 0.247 e. The highest BCUT2D eigenvalue weighted by Crippen LogP contribution is 2.60. The first kappa shape index (κ1) is 24.1. The molecule has 12 heteroatoms. The van der Waals surface area contributed by atoms with Gasteiger partial charge in [-0.25, -0.2) is 4.68 Å². The number of carbonyl (C=O) groups excluding carboxylic acids is 3. The van der Waals surface area contributed by atoms with Gasteiger partial charge in [0.2, 0.25) is 17.7 Å². The van der Waals surface area contributed by atoms with Gasteiger partial charge in [-0.15, -0.1) is 5.10 Å². The van der Waals surface area contributed by atoms with Gasteiger partial charge in [-0.2, -0.15) is 0 Å². The number of hydrogen-bond acceptors (Lipinski definition) is 7. The summed E-state index contributed by atoms with van der Waals surface area (Å²) in [6.07, 6.45) is 0.660. The largest absolute Gasteiger partial charge is 0.394 e. The number of fused-ring (bicyclic) bond motifs is 2. The quantitative estimate of drug-likeness (QED) is 0.399. The Balaban J connectivity index is 1.46. The summed E-state index contributed by atoms with van der Waals surface area (Å²) in [5.74, 6) is -2.51. The minimum atomic E-state index is -1.16. The zero-order valence-electron chi connectivity index (χ0n) is 19.6. The van der Waals surface area contributed by atoms with Crippen LogP contribution in [0.15, 0.2) is 24.3 Å². The van der Waals surface area contributed by atoms with E-state index in [-0.39, 0.29) is 29.9 Å². The molecule has 1 spiro atoms. The van der Waals surface area contributed by atoms with E-state index in [2.05, 4.69) is 36.9 Å². The number of aliphatic hydroxyl groups is 1. The fourth-order valence-corrected chi connectivity index (χ4v) is 6.82. The zero-order chi connectivity index (χ0) is 24.9. The summed E-state index contributed by atoms with van der Waals surface area (Å²) in [6, 6.07) is 5.78. The average Bonchev–Trinajstić information content (AvgIpc) is 3.57. The van der Waals surface area contributed by atoms with Crippen molar-refractivity contribution in [2.45, 2.75) is 62.0 Å². The average molecular weight is 549 g/mol. The molecule has 0 aliphatic carbocycles. The predicted molar refractivity (Wildman–Crippen MR) is 128 cm³/mol. The number of rotatable bonds is 8. The Morgan fingerprint density at radius 2 is 2.09 bits per heavy atom. The molecule has 5 rings (SSSR count). The molecule has 1 aromatic heterocycles. The summed E-state index contributed by atoms with van der Waals surface area (Å²) in [4.78, 5) is 41.7. The normalized spacial score (nSPS) is 32.2. The number of amides is 3. The minimum Gasteiger partial charge on any atom is -0.394 e. The Kier molecular flexibility index (Phi) is 6.30. The van der Waals surface area contributed by atoms with Gasteiger partial charge in [-0.3, -0.25) is 14.4 Å². The lowest BCUT2D eigenvalue weighted by atomic mass is 9.70. The number of ether oxygens (including phenoxy) is 1. The molecular weight excluding hydrogens is 520 g/mol. The van der Waals surface area contributed by atoms with Gasteiger partial charge >= 0.3 is 0 Å². The minimum absolute atomic E-state index is 0.0493. The number of aromatic nitrogens is 3. The highest BCUT2D eigenvalue weighted by atomic mass is 79.9. The van der Waals surface area contributed by atoms with Gasteiger partial charge in [0.25, 0.3) is 0 Å². The second-order valence-corrected chi connectivity index (χ2v) is 10.7. The predicted octanol–water partition coefficient (Wildman–Crippen LogP) is 0.160. The van der Waals surface area contributed by atoms with Gasteiger partial charge in [0.05, 0.1) is 36.1 Å². The zero-order valence-corrected chi connectivity index (χ0v) is 21.1. The standard InChI is InChI=1S/C23H29BrN6O5/c1-3-8-25-20(32)16-17-22(34)30(12(2)10-31)19(23(17)9-13(24)18(16)35-23)21(33)26-11-29-15-7-5-4-6-14(15)27-28-29/h4-7,12-13,16-19,31H,3,8-11H2,1-2H3,(H,25,32)(H,26,33)/t12-,13?,16-,17+,18-,19?,23?/m1/s1. The van der Waals surface area contributed by atoms with Crippen LogP contribution in [0, 0.1) is 11.8 Å². The van der Waals surface area contributed by atoms with Gasteiger partial charge in [0, 0.05) is 11.4 Å². The second-order valence-electron chi connectivity index (χ2n) is 9.51. The molecule has 4 heterocycles. The van der Waals surface area contributed by atoms with E-state index in [9.17, 15) is 19.5 Å². The maximum absolute atomic E-state index is 13.7. The number of nitrogens with one attached hydrogen (secondary N) is 2. The molecule has 7 atom stereocenters. The SMILES string of the molecule is CCCNC(=O)[C@H]1[C@@H]2OC3(CC2Br)C(C(=O)NCn2nnc4ccccc42)N([C@H](C)CO)C(=O)[C@H]13. The number of likely N-dealkylation sites (tertiary alicyclic amines) is 1. The van der Waals surface area contributed by atoms with Crippen LogP contribution < -0.4 is 10.6 Å². The summed E-state index contributed by atoms with van der Waals surface area (Å²) in [5, 5.41) is 23.9. The van der Waals surface area contributed by atoms with Crippen LogP contribution in [0.25, 0.3) is 11.0 Å². The number of alkyl halides is 1. The van der Waals surface area contributed by atoms with E-state index in [0.717, 1.165) is 11.9 Å². The molecule has 11 nitrogen and oxygen atoms in total. The van der Waals surface area contributed by atoms with Gasteiger partial charge < -0.3 is 25.4 Å². The van der Waals surface area contributed by atoms with Crippen LogP contribution in [0.5, 0.6) is 0 Å². The Bertz CT molecular complexity index is 1160. The van der Waals surface area contributed by atoms with E-state index in [1.165, 1.54) is 4.90 Å². The Morgan fingerprint density at radius 3 is 2.83 bits per heavy atom. The highest BCUT2D eigenvalue weighted by Gasteiger charge is 2.76. The molecule has 2 aromatic rings. The second kappa shape index (κ2) is 9.14. The van der Waals surface area contributed by atoms with Crippen LogP contribution in [0.2, 0.25) is 0 Å². The fraction of sp³-hybridized carbons (Fsp3) is 0.609. The van der Waals surface area contributed by atoms with Crippen molar-refractivity contribution in [3.8, 4) is 0 Å². The van der Waals surface area contributed by atoms with Crippen molar-refractivity contribution in [2.24, 2.45) is 11.8 Å². The summed E-state index contributed by atoms with van der Waals surface area (Å²) < 4.78 is 7.97. The molecule has 188 valence electrons. The van der Waals surface area contributed by atoms with Crippen LogP contribution in [0.3, 0.4) is 0 Å². The topological polar surface area (TPSA) is 139 Å². The van der Waals surface area contributed by atoms with Crippen molar-refractivity contribution < 1.29 is 24.2 Å². The molecule has 3 aliphatic rings. The van der Waals surface area contributed by atoms with E-state index >= 15 is 0 Å². The lowest BCUT2D eigenvalue weighted by Crippen LogP contribution is -2.58. The third-order valence-electron chi connectivity index (χ3n) is 7.39. The molecule has 3 aliphatic heterocycles. The number of nitrogens with zero attached hydrogens (tertiary/aromatic N) is 4. The third-order valence-corrected chi connectivity index (χ3v) is 8.23. The van der Waals surface area contributed by atoms with Gasteiger partial charge in [-0.05, 0) is 31.9 Å². The maximum atomic E-state index is 13.7. The van der Waals surface area contributed by atoms with Gasteiger partial charge in [0.1, 0.15) is 23.8 Å². The molecule has 35 heavy (non-hydrogen) atoms. The monoisotopic (exact) mass is 548 g/mol. The first-order valence-electron chi connectivity index (χ1n) is 11.9. The number of halogens is 1. The lowest BCUT2D eigenvalue weighted by Gasteiger charge is -2.35. The molecular formula is C23H29BrN6O5. The summed E-state index contributed by atoms with van der Waals surface area (Å²) in [6.45, 7) is 3.87. The highest BCUT2D eigenvalue weighted by molar-refractivity contribution is 9.09. The van der Waals surface area contributed by atoms with Crippen molar-refractivity contribution in [3.63, 3.8) is 0 Å². The molecule has 3 saturated heterocycles. The third kappa shape index (κ3) is 3.64. The lowest BCUT2D eigenvalue weighted by molar-refractivity contribution is -0.145. The molecule has 3 amide bonds. The van der Waals surface area contributed by atoms with Gasteiger partial charge in [0.15, 0.2) is 0 Å². The summed E-state index contributed by atoms with van der Waals surface area (Å²) in [5.41, 5.74) is 0.299. The van der Waals surface area contributed by atoms with Gasteiger partial charge in [-0.1, -0.05) is 40.2 Å². The molecule has 2 bridgehead atoms. The molecule has 0 radical (unpaired) electrons. The molecule has 3 N–H and O–H groups in total. The molecule has 1 aromatic carbocycles. The van der Waals surface area contributed by atoms with Crippen molar-refractivity contribution in [1.29, 1.82) is 0 Å². The van der Waals surface area contributed by atoms with Crippen LogP contribution >= 0.6 is 15.9 Å². The number of carbonyl (C=O) groups is 3. The van der Waals surface area contributed by atoms with E-state index in [4.69, 9.17) is 4.74 Å². The van der Waals surface area contributed by atoms with E-state index < -0.39 is 41.5 Å². The fourth-order valence-electron chi connectivity index (χ4n) is 5.88. The van der Waals surface area contributed by atoms with Crippen molar-refractivity contribution in [2.75, 3.05) is 13.2 Å². The number of benzene rings is 1. The van der Waals surface area contributed by atoms with Crippen LogP contribution in [0.4, 0.5) is 0 Å². The van der Waals surface area contributed by atoms with Crippen LogP contribution in [-0.2, 0) is 25.8 Å². The number of aliphatic hydroxyl groups excluding tert-OH is 1. The molecule has 3 fully saturated rings. The van der Waals surface area contributed by atoms with Crippen LogP contribution in [-0.4, -0.2) is 84.5 Å². The number of hydrogen-bond donors (Lipinski definition) is 3. The van der Waals surface area contributed by atoms with Crippen molar-refractivity contribution in [1.82, 2.24) is 30.5 Å². The first-order chi connectivity index (χ1) is 16.8. The van der Waals surface area contributed by atoms with Crippen molar-refractivity contribution in [3.05, 3.63) is 24.3 Å². The van der Waals surface area contributed by atoms with Crippen molar-refractivity contribution >= 4 is 44.7 Å². The Morgan fingerprint density at radius 1 is 1.31 bits per heavy atom. The Hall–Kier alpha value is -2.57. The van der Waals surface area contributed by atoms with Crippen LogP contribution in [0.1, 0.15) is 26.7 Å². The van der Waals surface area contributed by atoms with E-state index in [1.54, 1.807) is 11.6 Å². The number of para-hydroxylation sites is 1. The molecule has 3 unspecified atom stereocenters. The smallest absolute Gasteiger partial charge is 0.247 e.